The topological polar surface area (TPSA) is 50.4 Å². The Hall–Kier alpha value is -1.39. The van der Waals surface area contributed by atoms with Gasteiger partial charge in [-0.25, -0.2) is 0 Å². The lowest BCUT2D eigenvalue weighted by Crippen LogP contribution is -2.21. The molecule has 0 saturated carbocycles. The number of rotatable bonds is 7. The largest absolute Gasteiger partial charge is 0.369 e. The van der Waals surface area contributed by atoms with Gasteiger partial charge in [0.05, 0.1) is 6.10 Å². The first-order chi connectivity index (χ1) is 9.02. The van der Waals surface area contributed by atoms with E-state index in [-0.39, 0.29) is 18.6 Å². The molecule has 0 heterocycles. The molecular weight excluding hydrogens is 240 g/mol. The molecule has 2 N–H and O–H groups in total. The van der Waals surface area contributed by atoms with E-state index in [9.17, 15) is 4.79 Å². The molecule has 0 saturated heterocycles. The Bertz CT molecular complexity index is 388. The second kappa shape index (κ2) is 7.92. The molecule has 1 amide bonds. The summed E-state index contributed by atoms with van der Waals surface area (Å²) in [5, 5.41) is 6.16. The van der Waals surface area contributed by atoms with E-state index in [2.05, 4.69) is 24.5 Å². The SMILES string of the molecule is CCNC(C)c1ccc(NC(=O)COC(C)C)cc1. The Morgan fingerprint density at radius 2 is 1.84 bits per heavy atom. The second-order valence-corrected chi connectivity index (χ2v) is 4.81. The van der Waals surface area contributed by atoms with Crippen molar-refractivity contribution in [1.82, 2.24) is 5.32 Å². The molecule has 0 aromatic heterocycles. The van der Waals surface area contributed by atoms with Crippen molar-refractivity contribution in [3.8, 4) is 0 Å². The number of ether oxygens (including phenoxy) is 1. The van der Waals surface area contributed by atoms with Crippen molar-refractivity contribution in [1.29, 1.82) is 0 Å². The second-order valence-electron chi connectivity index (χ2n) is 4.81. The lowest BCUT2D eigenvalue weighted by molar-refractivity contribution is -0.121. The van der Waals surface area contributed by atoms with Crippen molar-refractivity contribution in [3.05, 3.63) is 29.8 Å². The Morgan fingerprint density at radius 3 is 2.37 bits per heavy atom. The van der Waals surface area contributed by atoms with Gasteiger partial charge in [-0.3, -0.25) is 4.79 Å². The average Bonchev–Trinajstić information content (AvgIpc) is 2.37. The van der Waals surface area contributed by atoms with Crippen LogP contribution < -0.4 is 10.6 Å². The van der Waals surface area contributed by atoms with Gasteiger partial charge in [-0.05, 0) is 45.0 Å². The highest BCUT2D eigenvalue weighted by Gasteiger charge is 2.06. The van der Waals surface area contributed by atoms with Gasteiger partial charge in [-0.2, -0.15) is 0 Å². The van der Waals surface area contributed by atoms with Crippen LogP contribution in [0.3, 0.4) is 0 Å². The summed E-state index contributed by atoms with van der Waals surface area (Å²) in [6, 6.07) is 8.18. The van der Waals surface area contributed by atoms with Gasteiger partial charge in [0.1, 0.15) is 6.61 Å². The number of hydrogen-bond acceptors (Lipinski definition) is 3. The van der Waals surface area contributed by atoms with Crippen molar-refractivity contribution in [2.75, 3.05) is 18.5 Å². The lowest BCUT2D eigenvalue weighted by atomic mass is 10.1. The maximum Gasteiger partial charge on any atom is 0.250 e. The first-order valence-electron chi connectivity index (χ1n) is 6.77. The first kappa shape index (κ1) is 15.7. The van der Waals surface area contributed by atoms with Gasteiger partial charge in [0.2, 0.25) is 5.91 Å². The molecule has 0 fully saturated rings. The van der Waals surface area contributed by atoms with Crippen molar-refractivity contribution in [3.63, 3.8) is 0 Å². The maximum atomic E-state index is 11.6. The summed E-state index contributed by atoms with van der Waals surface area (Å²) in [7, 11) is 0. The number of nitrogens with one attached hydrogen (secondary N) is 2. The van der Waals surface area contributed by atoms with E-state index in [1.807, 2.05) is 38.1 Å². The summed E-state index contributed by atoms with van der Waals surface area (Å²) in [4.78, 5) is 11.6. The fourth-order valence-electron chi connectivity index (χ4n) is 1.72. The zero-order chi connectivity index (χ0) is 14.3. The predicted octanol–water partition coefficient (Wildman–Crippen LogP) is 2.72. The Labute approximate surface area is 115 Å². The molecule has 1 atom stereocenters. The summed E-state index contributed by atoms with van der Waals surface area (Å²) in [6.45, 7) is 9.04. The third-order valence-electron chi connectivity index (χ3n) is 2.75. The van der Waals surface area contributed by atoms with Crippen molar-refractivity contribution in [2.24, 2.45) is 0 Å². The Morgan fingerprint density at radius 1 is 1.21 bits per heavy atom. The predicted molar refractivity (Wildman–Crippen MR) is 78.3 cm³/mol. The van der Waals surface area contributed by atoms with Crippen LogP contribution in [0.2, 0.25) is 0 Å². The van der Waals surface area contributed by atoms with Crippen molar-refractivity contribution < 1.29 is 9.53 Å². The van der Waals surface area contributed by atoms with Gasteiger partial charge in [0, 0.05) is 11.7 Å². The third kappa shape index (κ3) is 5.85. The minimum Gasteiger partial charge on any atom is -0.369 e. The smallest absolute Gasteiger partial charge is 0.250 e. The summed E-state index contributed by atoms with van der Waals surface area (Å²) < 4.78 is 5.25. The zero-order valence-corrected chi connectivity index (χ0v) is 12.2. The number of amides is 1. The van der Waals surface area contributed by atoms with Crippen LogP contribution in [0.15, 0.2) is 24.3 Å². The summed E-state index contributed by atoms with van der Waals surface area (Å²) in [5.74, 6) is -0.124. The van der Waals surface area contributed by atoms with Gasteiger partial charge in [0.25, 0.3) is 0 Å². The van der Waals surface area contributed by atoms with E-state index in [0.717, 1.165) is 12.2 Å². The minimum atomic E-state index is -0.124. The molecule has 4 nitrogen and oxygen atoms in total. The van der Waals surface area contributed by atoms with Gasteiger partial charge in [0.15, 0.2) is 0 Å². The number of anilines is 1. The molecule has 4 heteroatoms. The fourth-order valence-corrected chi connectivity index (χ4v) is 1.72. The van der Waals surface area contributed by atoms with E-state index < -0.39 is 0 Å². The van der Waals surface area contributed by atoms with Crippen LogP contribution in [-0.2, 0) is 9.53 Å². The number of hydrogen-bond donors (Lipinski definition) is 2. The molecule has 0 aliphatic carbocycles. The molecule has 1 unspecified atom stereocenters. The van der Waals surface area contributed by atoms with Gasteiger partial charge >= 0.3 is 0 Å². The normalized spacial score (nSPS) is 12.5. The molecule has 0 aliphatic heterocycles. The van der Waals surface area contributed by atoms with Crippen LogP contribution in [-0.4, -0.2) is 25.2 Å². The number of carbonyl (C=O) groups excluding carboxylic acids is 1. The molecule has 1 aromatic carbocycles. The highest BCUT2D eigenvalue weighted by atomic mass is 16.5. The molecule has 0 bridgehead atoms. The monoisotopic (exact) mass is 264 g/mol. The Kier molecular flexibility index (Phi) is 6.53. The summed E-state index contributed by atoms with van der Waals surface area (Å²) in [5.41, 5.74) is 2.00. The summed E-state index contributed by atoms with van der Waals surface area (Å²) in [6.07, 6.45) is 0.0640. The van der Waals surface area contributed by atoms with Crippen LogP contribution in [0.1, 0.15) is 39.3 Å². The standard InChI is InChI=1S/C15H24N2O2/c1-5-16-12(4)13-6-8-14(9-7-13)17-15(18)10-19-11(2)3/h6-9,11-12,16H,5,10H2,1-4H3,(H,17,18). The van der Waals surface area contributed by atoms with Crippen LogP contribution in [0.5, 0.6) is 0 Å². The highest BCUT2D eigenvalue weighted by Crippen LogP contribution is 2.15. The molecular formula is C15H24N2O2. The number of carbonyl (C=O) groups is 1. The maximum absolute atomic E-state index is 11.6. The van der Waals surface area contributed by atoms with Crippen LogP contribution >= 0.6 is 0 Å². The molecule has 0 radical (unpaired) electrons. The molecule has 0 aliphatic rings. The first-order valence-corrected chi connectivity index (χ1v) is 6.77. The van der Waals surface area contributed by atoms with Gasteiger partial charge < -0.3 is 15.4 Å². The fraction of sp³-hybridized carbons (Fsp3) is 0.533. The van der Waals surface area contributed by atoms with Gasteiger partial charge in [-0.15, -0.1) is 0 Å². The average molecular weight is 264 g/mol. The molecule has 0 spiro atoms. The highest BCUT2D eigenvalue weighted by molar-refractivity contribution is 5.91. The molecule has 19 heavy (non-hydrogen) atoms. The van der Waals surface area contributed by atoms with E-state index in [1.54, 1.807) is 0 Å². The lowest BCUT2D eigenvalue weighted by Gasteiger charge is -2.13. The number of benzene rings is 1. The molecule has 1 aromatic rings. The van der Waals surface area contributed by atoms with E-state index in [0.29, 0.717) is 6.04 Å². The van der Waals surface area contributed by atoms with Crippen LogP contribution in [0.25, 0.3) is 0 Å². The molecule has 1 rings (SSSR count). The van der Waals surface area contributed by atoms with Crippen LogP contribution in [0.4, 0.5) is 5.69 Å². The third-order valence-corrected chi connectivity index (χ3v) is 2.75. The summed E-state index contributed by atoms with van der Waals surface area (Å²) >= 11 is 0. The van der Waals surface area contributed by atoms with Gasteiger partial charge in [-0.1, -0.05) is 19.1 Å². The molecule has 106 valence electrons. The zero-order valence-electron chi connectivity index (χ0n) is 12.2. The quantitative estimate of drug-likeness (QED) is 0.796. The minimum absolute atomic E-state index is 0.0640. The van der Waals surface area contributed by atoms with Crippen molar-refractivity contribution >= 4 is 11.6 Å². The van der Waals surface area contributed by atoms with E-state index >= 15 is 0 Å². The van der Waals surface area contributed by atoms with Crippen molar-refractivity contribution in [2.45, 2.75) is 39.8 Å². The van der Waals surface area contributed by atoms with Crippen LogP contribution in [0, 0.1) is 0 Å². The Balaban J connectivity index is 2.50. The van der Waals surface area contributed by atoms with E-state index in [1.165, 1.54) is 5.56 Å². The van der Waals surface area contributed by atoms with E-state index in [4.69, 9.17) is 4.74 Å².